The molecule has 0 unspecified atom stereocenters. The van der Waals surface area contributed by atoms with Crippen LogP contribution in [0.5, 0.6) is 0 Å². The summed E-state index contributed by atoms with van der Waals surface area (Å²) < 4.78 is 28.1. The van der Waals surface area contributed by atoms with Crippen LogP contribution in [0, 0.1) is 0 Å². The minimum absolute atomic E-state index is 0.0336. The maximum absolute atomic E-state index is 13.8. The molecule has 0 radical (unpaired) electrons. The smallest absolute Gasteiger partial charge is 0.265 e. The quantitative estimate of drug-likeness (QED) is 0.245. The average Bonchev–Trinajstić information content (AvgIpc) is 3.19. The van der Waals surface area contributed by atoms with E-state index < -0.39 is 16.1 Å². The molecule has 4 aromatic carbocycles. The molecule has 0 aliphatic carbocycles. The first-order valence-electron chi connectivity index (χ1n) is 13.2. The van der Waals surface area contributed by atoms with Gasteiger partial charge >= 0.3 is 0 Å². The molecule has 41 heavy (non-hydrogen) atoms. The van der Waals surface area contributed by atoms with Crippen molar-refractivity contribution in [1.82, 2.24) is 10.2 Å². The summed E-state index contributed by atoms with van der Waals surface area (Å²) in [5, 5.41) is 5.09. The Kier molecular flexibility index (Phi) is 8.54. The molecule has 0 bridgehead atoms. The molecule has 5 rings (SSSR count). The number of amides is 2. The molecule has 1 aliphatic heterocycles. The van der Waals surface area contributed by atoms with Crippen LogP contribution in [0.4, 0.5) is 5.69 Å². The number of hydrogen-bond donors (Lipinski definition) is 1. The van der Waals surface area contributed by atoms with E-state index >= 15 is 0 Å². The van der Waals surface area contributed by atoms with Gasteiger partial charge in [-0.15, -0.1) is 0 Å². The summed E-state index contributed by atoms with van der Waals surface area (Å²) in [4.78, 5) is 28.8. The summed E-state index contributed by atoms with van der Waals surface area (Å²) in [5.74, 6) is -0.593. The first-order valence-corrected chi connectivity index (χ1v) is 15.4. The number of nitrogens with one attached hydrogen (secondary N) is 1. The summed E-state index contributed by atoms with van der Waals surface area (Å²) in [5.41, 5.74) is 2.16. The van der Waals surface area contributed by atoms with Crippen molar-refractivity contribution in [1.29, 1.82) is 0 Å². The maximum atomic E-state index is 13.8. The van der Waals surface area contributed by atoms with Crippen molar-refractivity contribution in [3.63, 3.8) is 0 Å². The van der Waals surface area contributed by atoms with Gasteiger partial charge in [-0.05, 0) is 47.2 Å². The van der Waals surface area contributed by atoms with Crippen LogP contribution in [0.1, 0.15) is 24.0 Å². The van der Waals surface area contributed by atoms with Gasteiger partial charge in [-0.2, -0.15) is 0 Å². The van der Waals surface area contributed by atoms with Crippen LogP contribution >= 0.6 is 23.2 Å². The first kappa shape index (κ1) is 28.9. The normalized spacial score (nSPS) is 14.2. The van der Waals surface area contributed by atoms with Crippen LogP contribution in [0.25, 0.3) is 10.8 Å². The fraction of sp³-hybridized carbons (Fsp3) is 0.226. The van der Waals surface area contributed by atoms with Crippen LogP contribution in [0.3, 0.4) is 0 Å². The fourth-order valence-electron chi connectivity index (χ4n) is 5.27. The fourth-order valence-corrected chi connectivity index (χ4v) is 7.49. The molecule has 1 aliphatic rings. The largest absolute Gasteiger partial charge is 0.357 e. The summed E-state index contributed by atoms with van der Waals surface area (Å²) in [7, 11) is -2.20. The van der Waals surface area contributed by atoms with Crippen molar-refractivity contribution in [3.8, 4) is 0 Å². The minimum atomic E-state index is -3.73. The van der Waals surface area contributed by atoms with Gasteiger partial charge in [0.05, 0.1) is 10.6 Å². The molecule has 4 aromatic rings. The standard InChI is InChI=1S/C31H29Cl2N3O4S/c1-34-31(38)27(18-21-8-3-2-4-9-21)35(20-23-15-16-24(32)19-25(23)33)29(37)14-7-17-36-26-12-5-10-22-11-6-13-28(30(22)26)41(36,39)40/h2-6,8-13,15-16,19,27H,7,14,17-18,20H2,1H3,(H,34,38)/t27-/m0/s1. The Labute approximate surface area is 249 Å². The molecule has 10 heteroatoms. The van der Waals surface area contributed by atoms with Gasteiger partial charge < -0.3 is 10.2 Å². The van der Waals surface area contributed by atoms with Gasteiger partial charge in [0.2, 0.25) is 11.8 Å². The van der Waals surface area contributed by atoms with Gasteiger partial charge in [-0.25, -0.2) is 8.42 Å². The van der Waals surface area contributed by atoms with Crippen molar-refractivity contribution in [3.05, 3.63) is 106 Å². The minimum Gasteiger partial charge on any atom is -0.357 e. The molecular formula is C31H29Cl2N3O4S. The molecule has 212 valence electrons. The number of rotatable bonds is 10. The lowest BCUT2D eigenvalue weighted by Crippen LogP contribution is -2.49. The van der Waals surface area contributed by atoms with Crippen molar-refractivity contribution in [2.45, 2.75) is 36.7 Å². The van der Waals surface area contributed by atoms with Crippen LogP contribution in [0.15, 0.2) is 89.8 Å². The van der Waals surface area contributed by atoms with E-state index in [1.807, 2.05) is 48.5 Å². The number of anilines is 1. The summed E-state index contributed by atoms with van der Waals surface area (Å²) in [6.45, 7) is 0.216. The van der Waals surface area contributed by atoms with Crippen LogP contribution in [-0.2, 0) is 32.6 Å². The molecule has 0 saturated carbocycles. The second kappa shape index (κ2) is 12.1. The van der Waals surface area contributed by atoms with Crippen molar-refractivity contribution in [2.24, 2.45) is 0 Å². The zero-order valence-electron chi connectivity index (χ0n) is 22.4. The Morgan fingerprint density at radius 3 is 2.39 bits per heavy atom. The Bertz CT molecular complexity index is 1710. The number of carbonyl (C=O) groups is 2. The van der Waals surface area contributed by atoms with E-state index in [0.717, 1.165) is 10.9 Å². The van der Waals surface area contributed by atoms with Crippen molar-refractivity contribution < 1.29 is 18.0 Å². The molecule has 1 heterocycles. The third kappa shape index (κ3) is 5.91. The molecule has 2 amide bonds. The number of halogens is 2. The molecule has 0 saturated heterocycles. The van der Waals surface area contributed by atoms with Crippen molar-refractivity contribution >= 4 is 61.5 Å². The Balaban J connectivity index is 1.39. The van der Waals surface area contributed by atoms with E-state index in [-0.39, 0.29) is 42.6 Å². The van der Waals surface area contributed by atoms with Crippen LogP contribution in [0.2, 0.25) is 10.0 Å². The number of benzene rings is 4. The SMILES string of the molecule is CNC(=O)[C@H](Cc1ccccc1)N(Cc1ccc(Cl)cc1Cl)C(=O)CCCN1c2cccc3cccc(c23)S1(=O)=O. The van der Waals surface area contributed by atoms with Crippen LogP contribution < -0.4 is 9.62 Å². The third-order valence-electron chi connectivity index (χ3n) is 7.31. The van der Waals surface area contributed by atoms with E-state index in [2.05, 4.69) is 5.32 Å². The van der Waals surface area contributed by atoms with Gasteiger partial charge in [0.25, 0.3) is 10.0 Å². The van der Waals surface area contributed by atoms with Gasteiger partial charge in [-0.1, -0.05) is 83.9 Å². The van der Waals surface area contributed by atoms with Gasteiger partial charge in [0, 0.05) is 48.4 Å². The van der Waals surface area contributed by atoms with Crippen molar-refractivity contribution in [2.75, 3.05) is 17.9 Å². The number of nitrogens with zero attached hydrogens (tertiary/aromatic N) is 2. The highest BCUT2D eigenvalue weighted by Crippen LogP contribution is 2.42. The van der Waals surface area contributed by atoms with E-state index in [1.54, 1.807) is 36.4 Å². The van der Waals surface area contributed by atoms with E-state index in [0.29, 0.717) is 33.1 Å². The molecule has 7 nitrogen and oxygen atoms in total. The van der Waals surface area contributed by atoms with E-state index in [4.69, 9.17) is 23.2 Å². The predicted octanol–water partition coefficient (Wildman–Crippen LogP) is 5.82. The molecule has 0 fully saturated rings. The highest BCUT2D eigenvalue weighted by atomic mass is 35.5. The topological polar surface area (TPSA) is 86.8 Å². The maximum Gasteiger partial charge on any atom is 0.265 e. The Morgan fingerprint density at radius 1 is 0.951 bits per heavy atom. The molecule has 0 spiro atoms. The molecular weight excluding hydrogens is 581 g/mol. The molecule has 1 N–H and O–H groups in total. The summed E-state index contributed by atoms with van der Waals surface area (Å²) in [6.07, 6.45) is 0.597. The number of carbonyl (C=O) groups excluding carboxylic acids is 2. The number of likely N-dealkylation sites (N-methyl/N-ethyl adjacent to an activating group) is 1. The highest BCUT2D eigenvalue weighted by molar-refractivity contribution is 7.93. The number of sulfonamides is 1. The zero-order chi connectivity index (χ0) is 29.1. The third-order valence-corrected chi connectivity index (χ3v) is 9.75. The Morgan fingerprint density at radius 2 is 1.68 bits per heavy atom. The molecule has 1 atom stereocenters. The average molecular weight is 611 g/mol. The lowest BCUT2D eigenvalue weighted by molar-refractivity contribution is -0.141. The van der Waals surface area contributed by atoms with E-state index in [9.17, 15) is 18.0 Å². The first-order chi connectivity index (χ1) is 19.7. The second-order valence-corrected chi connectivity index (χ2v) is 12.6. The second-order valence-electron chi connectivity index (χ2n) is 9.89. The summed E-state index contributed by atoms with van der Waals surface area (Å²) >= 11 is 12.6. The lowest BCUT2D eigenvalue weighted by Gasteiger charge is -2.31. The molecule has 0 aromatic heterocycles. The summed E-state index contributed by atoms with van der Waals surface area (Å²) in [6, 6.07) is 24.4. The Hall–Kier alpha value is -3.59. The lowest BCUT2D eigenvalue weighted by atomic mass is 10.0. The van der Waals surface area contributed by atoms with Gasteiger partial charge in [-0.3, -0.25) is 13.9 Å². The van der Waals surface area contributed by atoms with Gasteiger partial charge in [0.1, 0.15) is 6.04 Å². The monoisotopic (exact) mass is 609 g/mol. The zero-order valence-corrected chi connectivity index (χ0v) is 24.7. The highest BCUT2D eigenvalue weighted by Gasteiger charge is 2.36. The predicted molar refractivity (Wildman–Crippen MR) is 163 cm³/mol. The van der Waals surface area contributed by atoms with E-state index in [1.165, 1.54) is 16.3 Å². The number of hydrogen-bond acceptors (Lipinski definition) is 4. The van der Waals surface area contributed by atoms with Crippen LogP contribution in [-0.4, -0.2) is 44.8 Å². The van der Waals surface area contributed by atoms with Gasteiger partial charge in [0.15, 0.2) is 0 Å².